The van der Waals surface area contributed by atoms with Crippen molar-refractivity contribution in [3.63, 3.8) is 0 Å². The lowest BCUT2D eigenvalue weighted by Gasteiger charge is -2.18. The van der Waals surface area contributed by atoms with E-state index in [9.17, 15) is 14.4 Å². The molecule has 2 N–H and O–H groups in total. The molecule has 1 aliphatic rings. The van der Waals surface area contributed by atoms with E-state index < -0.39 is 11.8 Å². The van der Waals surface area contributed by atoms with E-state index >= 15 is 0 Å². The lowest BCUT2D eigenvalue weighted by Crippen LogP contribution is -2.32. The summed E-state index contributed by atoms with van der Waals surface area (Å²) in [6.45, 7) is 3.83. The predicted octanol–water partition coefficient (Wildman–Crippen LogP) is 5.90. The first kappa shape index (κ1) is 23.5. The van der Waals surface area contributed by atoms with Crippen LogP contribution in [0.1, 0.15) is 28.4 Å². The molecular weight excluding hydrogens is 473 g/mol. The minimum Gasteiger partial charge on any atom is -0.350 e. The Labute approximate surface area is 207 Å². The molecular formula is C26H21Cl2N3O3. The number of hydrogen-bond acceptors (Lipinski definition) is 4. The molecule has 3 aromatic carbocycles. The van der Waals surface area contributed by atoms with E-state index in [1.807, 2.05) is 24.3 Å². The van der Waals surface area contributed by atoms with Gasteiger partial charge in [-0.25, -0.2) is 4.90 Å². The second-order valence-corrected chi connectivity index (χ2v) is 8.59. The zero-order valence-corrected chi connectivity index (χ0v) is 20.0. The summed E-state index contributed by atoms with van der Waals surface area (Å²) >= 11 is 12.3. The summed E-state index contributed by atoms with van der Waals surface area (Å²) in [6, 6.07) is 19.1. The minimum atomic E-state index is -0.649. The second-order valence-electron chi connectivity index (χ2n) is 7.78. The normalized spacial score (nSPS) is 13.5. The van der Waals surface area contributed by atoms with E-state index in [0.717, 1.165) is 11.3 Å². The molecule has 0 saturated carbocycles. The molecule has 0 radical (unpaired) electrons. The average Bonchev–Trinajstić information content (AvgIpc) is 3.04. The monoisotopic (exact) mass is 493 g/mol. The summed E-state index contributed by atoms with van der Waals surface area (Å²) in [5.41, 5.74) is 3.65. The SMILES string of the molecule is CCc1ccc(NC(=O)c2cccc(NC3=C(Cl)C(=O)N(c4cc(Cl)ccc4C)C3=O)c2)cc1. The number of nitrogens with one attached hydrogen (secondary N) is 2. The van der Waals surface area contributed by atoms with Crippen LogP contribution in [0.25, 0.3) is 0 Å². The lowest BCUT2D eigenvalue weighted by atomic mass is 10.1. The van der Waals surface area contributed by atoms with Crippen LogP contribution < -0.4 is 15.5 Å². The van der Waals surface area contributed by atoms with E-state index in [1.54, 1.807) is 43.3 Å². The van der Waals surface area contributed by atoms with Crippen LogP contribution in [-0.2, 0) is 16.0 Å². The highest BCUT2D eigenvalue weighted by Crippen LogP contribution is 2.33. The number of anilines is 3. The number of amides is 3. The third kappa shape index (κ3) is 4.69. The van der Waals surface area contributed by atoms with Crippen LogP contribution in [0.2, 0.25) is 5.02 Å². The second kappa shape index (κ2) is 9.71. The van der Waals surface area contributed by atoms with Crippen molar-refractivity contribution in [2.24, 2.45) is 0 Å². The van der Waals surface area contributed by atoms with E-state index in [-0.39, 0.29) is 16.6 Å². The van der Waals surface area contributed by atoms with Gasteiger partial charge in [0.2, 0.25) is 0 Å². The molecule has 6 nitrogen and oxygen atoms in total. The van der Waals surface area contributed by atoms with Crippen LogP contribution in [0, 0.1) is 6.92 Å². The summed E-state index contributed by atoms with van der Waals surface area (Å²) in [4.78, 5) is 39.6. The number of imide groups is 1. The van der Waals surface area contributed by atoms with Crippen molar-refractivity contribution in [2.75, 3.05) is 15.5 Å². The molecule has 3 aromatic rings. The smallest absolute Gasteiger partial charge is 0.283 e. The molecule has 1 heterocycles. The number of aryl methyl sites for hydroxylation is 2. The number of carbonyl (C=O) groups is 3. The van der Waals surface area contributed by atoms with Gasteiger partial charge in [0.05, 0.1) is 5.69 Å². The first-order valence-electron chi connectivity index (χ1n) is 10.6. The van der Waals surface area contributed by atoms with Crippen LogP contribution >= 0.6 is 23.2 Å². The van der Waals surface area contributed by atoms with E-state index in [0.29, 0.717) is 33.2 Å². The molecule has 34 heavy (non-hydrogen) atoms. The largest absolute Gasteiger partial charge is 0.350 e. The fourth-order valence-corrected chi connectivity index (χ4v) is 3.94. The van der Waals surface area contributed by atoms with Crippen molar-refractivity contribution >= 4 is 58.0 Å². The fraction of sp³-hybridized carbons (Fsp3) is 0.115. The van der Waals surface area contributed by atoms with Crippen LogP contribution in [0.3, 0.4) is 0 Å². The fourth-order valence-electron chi connectivity index (χ4n) is 3.56. The Balaban J connectivity index is 1.54. The molecule has 0 unspecified atom stereocenters. The molecule has 0 aromatic heterocycles. The van der Waals surface area contributed by atoms with Gasteiger partial charge in [0.15, 0.2) is 0 Å². The highest BCUT2D eigenvalue weighted by Gasteiger charge is 2.39. The summed E-state index contributed by atoms with van der Waals surface area (Å²) < 4.78 is 0. The van der Waals surface area contributed by atoms with Gasteiger partial charge in [0, 0.05) is 22.0 Å². The maximum Gasteiger partial charge on any atom is 0.283 e. The van der Waals surface area contributed by atoms with Crippen molar-refractivity contribution in [2.45, 2.75) is 20.3 Å². The van der Waals surface area contributed by atoms with Gasteiger partial charge in [-0.3, -0.25) is 14.4 Å². The Morgan fingerprint density at radius 3 is 2.35 bits per heavy atom. The van der Waals surface area contributed by atoms with Crippen LogP contribution in [0.4, 0.5) is 17.1 Å². The maximum atomic E-state index is 13.1. The first-order chi connectivity index (χ1) is 16.3. The highest BCUT2D eigenvalue weighted by atomic mass is 35.5. The molecule has 172 valence electrons. The maximum absolute atomic E-state index is 13.1. The summed E-state index contributed by atoms with van der Waals surface area (Å²) in [5, 5.41) is 5.90. The standard InChI is InChI=1S/C26H21Cl2N3O3/c1-3-16-8-11-19(12-9-16)30-24(32)17-5-4-6-20(13-17)29-23-22(28)25(33)31(26(23)34)21-14-18(27)10-7-15(21)2/h4-14,29H,3H2,1-2H3,(H,30,32). The Morgan fingerprint density at radius 1 is 0.912 bits per heavy atom. The molecule has 0 atom stereocenters. The summed E-state index contributed by atoms with van der Waals surface area (Å²) in [6.07, 6.45) is 0.913. The van der Waals surface area contributed by atoms with Gasteiger partial charge in [-0.05, 0) is 66.9 Å². The minimum absolute atomic E-state index is 0.0706. The van der Waals surface area contributed by atoms with E-state index in [2.05, 4.69) is 17.6 Å². The molecule has 1 aliphatic heterocycles. The van der Waals surface area contributed by atoms with Crippen LogP contribution in [0.15, 0.2) is 77.5 Å². The number of nitrogens with zero attached hydrogens (tertiary/aromatic N) is 1. The number of hydrogen-bond donors (Lipinski definition) is 2. The quantitative estimate of drug-likeness (QED) is 0.419. The Kier molecular flexibility index (Phi) is 6.72. The van der Waals surface area contributed by atoms with Crippen molar-refractivity contribution < 1.29 is 14.4 Å². The predicted molar refractivity (Wildman–Crippen MR) is 135 cm³/mol. The van der Waals surface area contributed by atoms with Gasteiger partial charge in [0.25, 0.3) is 17.7 Å². The van der Waals surface area contributed by atoms with Gasteiger partial charge in [-0.1, -0.05) is 54.4 Å². The van der Waals surface area contributed by atoms with Crippen LogP contribution in [0.5, 0.6) is 0 Å². The van der Waals surface area contributed by atoms with Gasteiger partial charge in [-0.2, -0.15) is 0 Å². The average molecular weight is 494 g/mol. The first-order valence-corrected chi connectivity index (χ1v) is 11.4. The Morgan fingerprint density at radius 2 is 1.65 bits per heavy atom. The van der Waals surface area contributed by atoms with Gasteiger partial charge < -0.3 is 10.6 Å². The molecule has 8 heteroatoms. The lowest BCUT2D eigenvalue weighted by molar-refractivity contribution is -0.120. The number of halogens is 2. The number of benzene rings is 3. The summed E-state index contributed by atoms with van der Waals surface area (Å²) in [5.74, 6) is -1.56. The molecule has 0 fully saturated rings. The zero-order valence-electron chi connectivity index (χ0n) is 18.5. The van der Waals surface area contributed by atoms with Crippen molar-refractivity contribution in [1.82, 2.24) is 0 Å². The molecule has 3 amide bonds. The number of carbonyl (C=O) groups excluding carboxylic acids is 3. The van der Waals surface area contributed by atoms with E-state index in [4.69, 9.17) is 23.2 Å². The van der Waals surface area contributed by atoms with Crippen molar-refractivity contribution in [1.29, 1.82) is 0 Å². The molecule has 0 aliphatic carbocycles. The highest BCUT2D eigenvalue weighted by molar-refractivity contribution is 6.53. The third-order valence-electron chi connectivity index (χ3n) is 5.45. The van der Waals surface area contributed by atoms with Gasteiger partial charge in [0.1, 0.15) is 10.7 Å². The topological polar surface area (TPSA) is 78.5 Å². The van der Waals surface area contributed by atoms with Gasteiger partial charge in [-0.15, -0.1) is 0 Å². The van der Waals surface area contributed by atoms with Crippen molar-refractivity contribution in [3.05, 3.63) is 99.2 Å². The summed E-state index contributed by atoms with van der Waals surface area (Å²) in [7, 11) is 0. The molecule has 0 saturated heterocycles. The van der Waals surface area contributed by atoms with Gasteiger partial charge >= 0.3 is 0 Å². The zero-order chi connectivity index (χ0) is 24.4. The van der Waals surface area contributed by atoms with Crippen LogP contribution in [-0.4, -0.2) is 17.7 Å². The molecule has 0 spiro atoms. The third-order valence-corrected chi connectivity index (χ3v) is 6.04. The Bertz CT molecular complexity index is 1330. The number of rotatable bonds is 6. The Hall–Kier alpha value is -3.61. The van der Waals surface area contributed by atoms with Crippen molar-refractivity contribution in [3.8, 4) is 0 Å². The van der Waals surface area contributed by atoms with E-state index in [1.165, 1.54) is 11.6 Å². The molecule has 0 bridgehead atoms. The molecule has 4 rings (SSSR count).